The van der Waals surface area contributed by atoms with Gasteiger partial charge in [-0.15, -0.1) is 0 Å². The molecule has 0 atom stereocenters. The molecule has 3 N–H and O–H groups in total. The maximum absolute atomic E-state index is 5.94. The zero-order chi connectivity index (χ0) is 10.8. The number of aryl methyl sites for hydroxylation is 1. The van der Waals surface area contributed by atoms with Gasteiger partial charge in [0.2, 0.25) is 0 Å². The van der Waals surface area contributed by atoms with E-state index in [9.17, 15) is 0 Å². The first-order chi connectivity index (χ1) is 7.24. The molecule has 0 radical (unpaired) electrons. The highest BCUT2D eigenvalue weighted by molar-refractivity contribution is 5.82. The number of hydrogen-bond donors (Lipinski definition) is 2. The number of nitrogens with zero attached hydrogens (tertiary/aromatic N) is 1. The maximum atomic E-state index is 5.94. The summed E-state index contributed by atoms with van der Waals surface area (Å²) < 4.78 is 5.28. The van der Waals surface area contributed by atoms with Gasteiger partial charge in [0, 0.05) is 17.4 Å². The number of ether oxygens (including phenoxy) is 1. The van der Waals surface area contributed by atoms with Crippen molar-refractivity contribution in [2.45, 2.75) is 6.92 Å². The molecule has 0 aliphatic heterocycles. The molecule has 0 saturated heterocycles. The second kappa shape index (κ2) is 3.65. The van der Waals surface area contributed by atoms with E-state index in [1.165, 1.54) is 0 Å². The molecule has 78 valence electrons. The van der Waals surface area contributed by atoms with E-state index >= 15 is 0 Å². The van der Waals surface area contributed by atoms with Crippen molar-refractivity contribution in [3.63, 3.8) is 0 Å². The monoisotopic (exact) mass is 203 g/mol. The van der Waals surface area contributed by atoms with Crippen molar-refractivity contribution in [2.24, 2.45) is 0 Å². The van der Waals surface area contributed by atoms with Crippen LogP contribution in [0.5, 0.6) is 5.75 Å². The van der Waals surface area contributed by atoms with Gasteiger partial charge in [-0.2, -0.15) is 5.10 Å². The molecule has 1 heterocycles. The van der Waals surface area contributed by atoms with Crippen LogP contribution in [0, 0.1) is 6.92 Å². The average Bonchev–Trinajstić information content (AvgIpc) is 2.64. The molecule has 0 spiro atoms. The number of nitrogens with one attached hydrogen (secondary N) is 1. The zero-order valence-electron chi connectivity index (χ0n) is 8.74. The fourth-order valence-corrected chi connectivity index (χ4v) is 1.62. The normalized spacial score (nSPS) is 10.3. The minimum atomic E-state index is 0.693. The van der Waals surface area contributed by atoms with Gasteiger partial charge in [0.25, 0.3) is 0 Å². The van der Waals surface area contributed by atoms with E-state index in [4.69, 9.17) is 10.5 Å². The predicted octanol–water partition coefficient (Wildman–Crippen LogP) is 1.98. The quantitative estimate of drug-likeness (QED) is 0.733. The molecular formula is C11H13N3O. The Kier molecular flexibility index (Phi) is 2.33. The number of benzene rings is 1. The molecule has 0 aliphatic carbocycles. The smallest absolute Gasteiger partial charge is 0.128 e. The lowest BCUT2D eigenvalue weighted by atomic mass is 10.0. The van der Waals surface area contributed by atoms with E-state index in [0.717, 1.165) is 22.6 Å². The number of nitrogens with two attached hydrogens (primary N) is 1. The largest absolute Gasteiger partial charge is 0.496 e. The van der Waals surface area contributed by atoms with E-state index in [1.807, 2.05) is 31.3 Å². The van der Waals surface area contributed by atoms with Gasteiger partial charge >= 0.3 is 0 Å². The van der Waals surface area contributed by atoms with Crippen LogP contribution in [0.15, 0.2) is 24.4 Å². The SMILES string of the molecule is COc1cccc(N)c1-c1c[nH]nc1C. The first kappa shape index (κ1) is 9.58. The summed E-state index contributed by atoms with van der Waals surface area (Å²) in [5.74, 6) is 0.763. The molecule has 0 bridgehead atoms. The summed E-state index contributed by atoms with van der Waals surface area (Å²) in [6, 6.07) is 5.61. The van der Waals surface area contributed by atoms with Crippen LogP contribution in [-0.2, 0) is 0 Å². The van der Waals surface area contributed by atoms with Gasteiger partial charge in [-0.25, -0.2) is 0 Å². The third kappa shape index (κ3) is 1.54. The summed E-state index contributed by atoms with van der Waals surface area (Å²) in [4.78, 5) is 0. The Hall–Kier alpha value is -1.97. The average molecular weight is 203 g/mol. The Morgan fingerprint density at radius 3 is 2.80 bits per heavy atom. The Morgan fingerprint density at radius 1 is 1.40 bits per heavy atom. The van der Waals surface area contributed by atoms with Crippen molar-refractivity contribution >= 4 is 5.69 Å². The molecule has 2 rings (SSSR count). The molecule has 0 saturated carbocycles. The Labute approximate surface area is 88.1 Å². The summed E-state index contributed by atoms with van der Waals surface area (Å²) >= 11 is 0. The van der Waals surface area contributed by atoms with Crippen LogP contribution in [0.4, 0.5) is 5.69 Å². The third-order valence-electron chi connectivity index (χ3n) is 2.38. The van der Waals surface area contributed by atoms with Crippen molar-refractivity contribution in [3.8, 4) is 16.9 Å². The number of methoxy groups -OCH3 is 1. The van der Waals surface area contributed by atoms with Gasteiger partial charge < -0.3 is 10.5 Å². The molecule has 4 heteroatoms. The summed E-state index contributed by atoms with van der Waals surface area (Å²) in [5, 5.41) is 6.89. The van der Waals surface area contributed by atoms with Crippen LogP contribution in [0.3, 0.4) is 0 Å². The van der Waals surface area contributed by atoms with Crippen LogP contribution < -0.4 is 10.5 Å². The molecule has 1 aromatic carbocycles. The van der Waals surface area contributed by atoms with Crippen molar-refractivity contribution in [3.05, 3.63) is 30.1 Å². The van der Waals surface area contributed by atoms with Crippen LogP contribution >= 0.6 is 0 Å². The maximum Gasteiger partial charge on any atom is 0.128 e. The molecule has 0 fully saturated rings. The molecule has 0 amide bonds. The summed E-state index contributed by atoms with van der Waals surface area (Å²) in [7, 11) is 1.63. The summed E-state index contributed by atoms with van der Waals surface area (Å²) in [6.07, 6.45) is 1.82. The molecule has 0 aliphatic rings. The van der Waals surface area contributed by atoms with Crippen molar-refractivity contribution < 1.29 is 4.74 Å². The van der Waals surface area contributed by atoms with Crippen LogP contribution in [0.25, 0.3) is 11.1 Å². The van der Waals surface area contributed by atoms with Crippen LogP contribution in [0.2, 0.25) is 0 Å². The summed E-state index contributed by atoms with van der Waals surface area (Å²) in [6.45, 7) is 1.93. The Balaban J connectivity index is 2.66. The highest BCUT2D eigenvalue weighted by Crippen LogP contribution is 2.35. The molecule has 2 aromatic rings. The van der Waals surface area contributed by atoms with E-state index in [-0.39, 0.29) is 0 Å². The Bertz CT molecular complexity index is 476. The molecule has 4 nitrogen and oxygen atoms in total. The predicted molar refractivity (Wildman–Crippen MR) is 59.7 cm³/mol. The lowest BCUT2D eigenvalue weighted by Gasteiger charge is -2.09. The number of anilines is 1. The molecule has 0 unspecified atom stereocenters. The lowest BCUT2D eigenvalue weighted by Crippen LogP contribution is -1.94. The van der Waals surface area contributed by atoms with E-state index < -0.39 is 0 Å². The third-order valence-corrected chi connectivity index (χ3v) is 2.38. The Morgan fingerprint density at radius 2 is 2.20 bits per heavy atom. The first-order valence-electron chi connectivity index (χ1n) is 4.67. The van der Waals surface area contributed by atoms with Gasteiger partial charge in [-0.1, -0.05) is 6.07 Å². The highest BCUT2D eigenvalue weighted by atomic mass is 16.5. The number of aromatic nitrogens is 2. The fourth-order valence-electron chi connectivity index (χ4n) is 1.62. The van der Waals surface area contributed by atoms with E-state index in [0.29, 0.717) is 5.69 Å². The molecule has 15 heavy (non-hydrogen) atoms. The van der Waals surface area contributed by atoms with Gasteiger partial charge in [0.15, 0.2) is 0 Å². The first-order valence-corrected chi connectivity index (χ1v) is 4.67. The van der Waals surface area contributed by atoms with E-state index in [1.54, 1.807) is 7.11 Å². The lowest BCUT2D eigenvalue weighted by molar-refractivity contribution is 0.416. The van der Waals surface area contributed by atoms with Gasteiger partial charge in [0.1, 0.15) is 5.75 Å². The second-order valence-electron chi connectivity index (χ2n) is 3.31. The van der Waals surface area contributed by atoms with Crippen molar-refractivity contribution in [2.75, 3.05) is 12.8 Å². The fraction of sp³-hybridized carbons (Fsp3) is 0.182. The standard InChI is InChI=1S/C11H13N3O/c1-7-8(6-13-14-7)11-9(12)4-3-5-10(11)15-2/h3-6H,12H2,1-2H3,(H,13,14). The minimum Gasteiger partial charge on any atom is -0.496 e. The number of rotatable bonds is 2. The van der Waals surface area contributed by atoms with Crippen LogP contribution in [-0.4, -0.2) is 17.3 Å². The number of aromatic amines is 1. The molecular weight excluding hydrogens is 190 g/mol. The van der Waals surface area contributed by atoms with Gasteiger partial charge in [0.05, 0.1) is 18.4 Å². The number of hydrogen-bond acceptors (Lipinski definition) is 3. The topological polar surface area (TPSA) is 63.9 Å². The zero-order valence-corrected chi connectivity index (χ0v) is 8.74. The summed E-state index contributed by atoms with van der Waals surface area (Å²) in [5.41, 5.74) is 9.41. The van der Waals surface area contributed by atoms with Crippen molar-refractivity contribution in [1.29, 1.82) is 0 Å². The minimum absolute atomic E-state index is 0.693. The van der Waals surface area contributed by atoms with E-state index in [2.05, 4.69) is 10.2 Å². The molecule has 1 aromatic heterocycles. The highest BCUT2D eigenvalue weighted by Gasteiger charge is 2.12. The van der Waals surface area contributed by atoms with Gasteiger partial charge in [-0.05, 0) is 19.1 Å². The number of H-pyrrole nitrogens is 1. The van der Waals surface area contributed by atoms with Gasteiger partial charge in [-0.3, -0.25) is 5.10 Å². The second-order valence-corrected chi connectivity index (χ2v) is 3.31. The van der Waals surface area contributed by atoms with Crippen molar-refractivity contribution in [1.82, 2.24) is 10.2 Å². The number of nitrogen functional groups attached to an aromatic ring is 1. The van der Waals surface area contributed by atoms with Crippen LogP contribution in [0.1, 0.15) is 5.69 Å².